The summed E-state index contributed by atoms with van der Waals surface area (Å²) in [6.07, 6.45) is 0.661. The van der Waals surface area contributed by atoms with Crippen LogP contribution < -0.4 is 5.32 Å². The first-order valence-electron chi connectivity index (χ1n) is 8.32. The molecule has 1 aromatic heterocycles. The molecule has 0 atom stereocenters. The summed E-state index contributed by atoms with van der Waals surface area (Å²) in [5.74, 6) is 1.02. The minimum absolute atomic E-state index is 0.00159. The Hall–Kier alpha value is -3.12. The molecule has 0 unspecified atom stereocenters. The number of carbonyl (C=O) groups excluding carboxylic acids is 1. The summed E-state index contributed by atoms with van der Waals surface area (Å²) in [6, 6.07) is 15.1. The van der Waals surface area contributed by atoms with Gasteiger partial charge in [-0.05, 0) is 36.8 Å². The van der Waals surface area contributed by atoms with Gasteiger partial charge in [-0.2, -0.15) is 0 Å². The Morgan fingerprint density at radius 3 is 2.74 bits per heavy atom. The van der Waals surface area contributed by atoms with Gasteiger partial charge in [-0.25, -0.2) is 0 Å². The summed E-state index contributed by atoms with van der Waals surface area (Å²) in [6.45, 7) is 1.84. The Balaban J connectivity index is 1.63. The molecule has 3 aromatic rings. The first-order chi connectivity index (χ1) is 12.9. The van der Waals surface area contributed by atoms with E-state index in [4.69, 9.17) is 16.0 Å². The van der Waals surface area contributed by atoms with E-state index in [1.807, 2.05) is 6.92 Å². The van der Waals surface area contributed by atoms with Gasteiger partial charge in [-0.15, -0.1) is 0 Å². The highest BCUT2D eigenvalue weighted by Crippen LogP contribution is 2.26. The van der Waals surface area contributed by atoms with Gasteiger partial charge in [-0.1, -0.05) is 29.8 Å². The number of non-ortho nitro benzene ring substituents is 1. The molecule has 138 valence electrons. The number of aryl methyl sites for hydroxylation is 1. The molecule has 0 spiro atoms. The third kappa shape index (κ3) is 4.54. The van der Waals surface area contributed by atoms with Crippen LogP contribution in [0.1, 0.15) is 17.7 Å². The number of anilines is 1. The average molecular weight is 385 g/mol. The van der Waals surface area contributed by atoms with Gasteiger partial charge >= 0.3 is 0 Å². The molecule has 6 nitrogen and oxygen atoms in total. The molecule has 0 radical (unpaired) electrons. The molecule has 7 heteroatoms. The first kappa shape index (κ1) is 18.7. The van der Waals surface area contributed by atoms with Crippen molar-refractivity contribution < 1.29 is 14.1 Å². The minimum Gasteiger partial charge on any atom is -0.461 e. The predicted molar refractivity (Wildman–Crippen MR) is 104 cm³/mol. The molecular weight excluding hydrogens is 368 g/mol. The summed E-state index contributed by atoms with van der Waals surface area (Å²) in [5, 5.41) is 14.3. The highest BCUT2D eigenvalue weighted by molar-refractivity contribution is 6.31. The number of furan rings is 1. The number of nitro benzene ring substituents is 1. The number of nitrogens with zero attached hydrogens (tertiary/aromatic N) is 1. The fraction of sp³-hybridized carbons (Fsp3) is 0.150. The lowest BCUT2D eigenvalue weighted by molar-refractivity contribution is -0.384. The van der Waals surface area contributed by atoms with Crippen LogP contribution in [0, 0.1) is 17.0 Å². The van der Waals surface area contributed by atoms with Gasteiger partial charge in [0, 0.05) is 41.2 Å². The number of nitrogens with one attached hydrogen (secondary N) is 1. The van der Waals surface area contributed by atoms with Crippen LogP contribution in [0.3, 0.4) is 0 Å². The number of halogens is 1. The van der Waals surface area contributed by atoms with E-state index in [1.54, 1.807) is 42.5 Å². The summed E-state index contributed by atoms with van der Waals surface area (Å²) >= 11 is 6.05. The van der Waals surface area contributed by atoms with Crippen molar-refractivity contribution >= 4 is 28.9 Å². The predicted octanol–water partition coefficient (Wildman–Crippen LogP) is 5.39. The Labute approximate surface area is 160 Å². The normalized spacial score (nSPS) is 10.6. The molecule has 1 N–H and O–H groups in total. The van der Waals surface area contributed by atoms with Gasteiger partial charge in [0.05, 0.1) is 4.92 Å². The zero-order valence-corrected chi connectivity index (χ0v) is 15.3. The van der Waals surface area contributed by atoms with E-state index in [2.05, 4.69) is 5.32 Å². The highest BCUT2D eigenvalue weighted by Gasteiger charge is 2.12. The van der Waals surface area contributed by atoms with Crippen LogP contribution in [0.15, 0.2) is 59.0 Å². The molecule has 0 fully saturated rings. The Bertz CT molecular complexity index is 997. The second kappa shape index (κ2) is 8.05. The van der Waals surface area contributed by atoms with Gasteiger partial charge in [0.15, 0.2) is 0 Å². The first-order valence-corrected chi connectivity index (χ1v) is 8.70. The number of hydrogen-bond donors (Lipinski definition) is 1. The Morgan fingerprint density at radius 1 is 1.19 bits per heavy atom. The summed E-state index contributed by atoms with van der Waals surface area (Å²) < 4.78 is 5.72. The van der Waals surface area contributed by atoms with Crippen LogP contribution in [0.5, 0.6) is 0 Å². The molecule has 1 amide bonds. The Kier molecular flexibility index (Phi) is 5.57. The number of nitro groups is 1. The van der Waals surface area contributed by atoms with E-state index in [1.165, 1.54) is 12.1 Å². The van der Waals surface area contributed by atoms with Gasteiger partial charge in [0.25, 0.3) is 5.69 Å². The SMILES string of the molecule is Cc1c(Cl)cccc1NC(=O)CCc1ccc(-c2cccc([N+](=O)[O-])c2)o1. The van der Waals surface area contributed by atoms with E-state index in [0.717, 1.165) is 5.56 Å². The molecule has 0 saturated heterocycles. The number of amides is 1. The van der Waals surface area contributed by atoms with Crippen LogP contribution in [0.25, 0.3) is 11.3 Å². The lowest BCUT2D eigenvalue weighted by atomic mass is 10.1. The quantitative estimate of drug-likeness (QED) is 0.456. The van der Waals surface area contributed by atoms with Crippen molar-refractivity contribution in [3.8, 4) is 11.3 Å². The van der Waals surface area contributed by atoms with E-state index in [0.29, 0.717) is 34.2 Å². The maximum Gasteiger partial charge on any atom is 0.270 e. The average Bonchev–Trinajstić information content (AvgIpc) is 3.13. The monoisotopic (exact) mass is 384 g/mol. The number of hydrogen-bond acceptors (Lipinski definition) is 4. The van der Waals surface area contributed by atoms with E-state index < -0.39 is 4.92 Å². The van der Waals surface area contributed by atoms with Gasteiger partial charge in [-0.3, -0.25) is 14.9 Å². The molecule has 0 aliphatic carbocycles. The molecule has 3 rings (SSSR count). The standard InChI is InChI=1S/C20H17ClN2O4/c1-13-17(21)6-3-7-18(13)22-20(24)11-9-16-8-10-19(27-16)14-4-2-5-15(12-14)23(25)26/h2-8,10,12H,9,11H2,1H3,(H,22,24). The van der Waals surface area contributed by atoms with Crippen LogP contribution in [-0.4, -0.2) is 10.8 Å². The fourth-order valence-electron chi connectivity index (χ4n) is 2.63. The molecule has 0 saturated carbocycles. The molecule has 1 heterocycles. The minimum atomic E-state index is -0.449. The summed E-state index contributed by atoms with van der Waals surface area (Å²) in [5.41, 5.74) is 2.12. The molecule has 0 bridgehead atoms. The van der Waals surface area contributed by atoms with Crippen molar-refractivity contribution in [3.63, 3.8) is 0 Å². The zero-order chi connectivity index (χ0) is 19.4. The number of benzene rings is 2. The maximum absolute atomic E-state index is 12.2. The number of rotatable bonds is 6. The van der Waals surface area contributed by atoms with Gasteiger partial charge in [0.2, 0.25) is 5.91 Å². The lowest BCUT2D eigenvalue weighted by Crippen LogP contribution is -2.13. The lowest BCUT2D eigenvalue weighted by Gasteiger charge is -2.09. The third-order valence-corrected chi connectivity index (χ3v) is 4.55. The molecule has 2 aromatic carbocycles. The van der Waals surface area contributed by atoms with Gasteiger partial charge in [0.1, 0.15) is 11.5 Å². The van der Waals surface area contributed by atoms with Crippen LogP contribution in [-0.2, 0) is 11.2 Å². The Morgan fingerprint density at radius 2 is 1.96 bits per heavy atom. The topological polar surface area (TPSA) is 85.4 Å². The van der Waals surface area contributed by atoms with E-state index in [-0.39, 0.29) is 18.0 Å². The van der Waals surface area contributed by atoms with Crippen molar-refractivity contribution in [2.45, 2.75) is 19.8 Å². The number of carbonyl (C=O) groups is 1. The van der Waals surface area contributed by atoms with Crippen molar-refractivity contribution in [1.82, 2.24) is 0 Å². The van der Waals surface area contributed by atoms with Crippen molar-refractivity contribution in [3.05, 3.63) is 81.1 Å². The molecular formula is C20H17ClN2O4. The maximum atomic E-state index is 12.2. The van der Waals surface area contributed by atoms with E-state index in [9.17, 15) is 14.9 Å². The largest absolute Gasteiger partial charge is 0.461 e. The smallest absolute Gasteiger partial charge is 0.270 e. The van der Waals surface area contributed by atoms with Crippen molar-refractivity contribution in [1.29, 1.82) is 0 Å². The van der Waals surface area contributed by atoms with Gasteiger partial charge < -0.3 is 9.73 Å². The second-order valence-electron chi connectivity index (χ2n) is 6.03. The van der Waals surface area contributed by atoms with Crippen LogP contribution in [0.2, 0.25) is 5.02 Å². The summed E-state index contributed by atoms with van der Waals surface area (Å²) in [7, 11) is 0. The van der Waals surface area contributed by atoms with E-state index >= 15 is 0 Å². The van der Waals surface area contributed by atoms with Crippen molar-refractivity contribution in [2.75, 3.05) is 5.32 Å². The zero-order valence-electron chi connectivity index (χ0n) is 14.6. The molecule has 0 aliphatic heterocycles. The van der Waals surface area contributed by atoms with Crippen LogP contribution >= 0.6 is 11.6 Å². The van der Waals surface area contributed by atoms with Crippen molar-refractivity contribution in [2.24, 2.45) is 0 Å². The highest BCUT2D eigenvalue weighted by atomic mass is 35.5. The van der Waals surface area contributed by atoms with Crippen LogP contribution in [0.4, 0.5) is 11.4 Å². The second-order valence-corrected chi connectivity index (χ2v) is 6.44. The molecule has 27 heavy (non-hydrogen) atoms. The molecule has 0 aliphatic rings. The third-order valence-electron chi connectivity index (χ3n) is 4.14. The fourth-order valence-corrected chi connectivity index (χ4v) is 2.81. The summed E-state index contributed by atoms with van der Waals surface area (Å²) in [4.78, 5) is 22.6.